The number of nitrogens with two attached hydrogens (primary N) is 1. The van der Waals surface area contributed by atoms with E-state index >= 15 is 0 Å². The Morgan fingerprint density at radius 3 is 2.39 bits per heavy atom. The Kier molecular flexibility index (Phi) is 7.04. The van der Waals surface area contributed by atoms with Gasteiger partial charge in [-0.25, -0.2) is 0 Å². The van der Waals surface area contributed by atoms with Crippen LogP contribution >= 0.6 is 11.6 Å². The van der Waals surface area contributed by atoms with Crippen molar-refractivity contribution in [3.63, 3.8) is 0 Å². The molecule has 31 heavy (non-hydrogen) atoms. The summed E-state index contributed by atoms with van der Waals surface area (Å²) in [5.41, 5.74) is 5.25. The van der Waals surface area contributed by atoms with Gasteiger partial charge < -0.3 is 21.1 Å². The van der Waals surface area contributed by atoms with E-state index in [9.17, 15) is 14.7 Å². The van der Waals surface area contributed by atoms with Crippen LogP contribution in [0.2, 0.25) is 5.02 Å². The van der Waals surface area contributed by atoms with Crippen molar-refractivity contribution >= 4 is 23.4 Å². The Bertz CT molecular complexity index is 811. The highest BCUT2D eigenvalue weighted by Gasteiger charge is 2.50. The monoisotopic (exact) mass is 449 g/mol. The molecular formula is C24H36ClN3O3. The number of hydrogen-bond donors (Lipinski definition) is 3. The van der Waals surface area contributed by atoms with Crippen LogP contribution in [0.5, 0.6) is 0 Å². The number of halogens is 1. The Labute approximate surface area is 190 Å². The smallest absolute Gasteiger partial charge is 0.245 e. The number of carbonyl (C=O) groups excluding carboxylic acids is 2. The minimum absolute atomic E-state index is 0.0470. The van der Waals surface area contributed by atoms with Gasteiger partial charge in [0.25, 0.3) is 0 Å². The molecule has 0 spiro atoms. The molecule has 1 saturated heterocycles. The highest BCUT2D eigenvalue weighted by Crippen LogP contribution is 2.46. The molecule has 1 aromatic carbocycles. The summed E-state index contributed by atoms with van der Waals surface area (Å²) in [4.78, 5) is 28.0. The first-order valence-corrected chi connectivity index (χ1v) is 11.7. The van der Waals surface area contributed by atoms with E-state index in [0.29, 0.717) is 24.5 Å². The molecule has 4 atom stereocenters. The molecule has 1 aliphatic carbocycles. The van der Waals surface area contributed by atoms with Crippen LogP contribution in [0.4, 0.5) is 0 Å². The summed E-state index contributed by atoms with van der Waals surface area (Å²) in [7, 11) is 0. The number of nitrogens with zero attached hydrogens (tertiary/aromatic N) is 1. The quantitative estimate of drug-likeness (QED) is 0.643. The predicted octanol–water partition coefficient (Wildman–Crippen LogP) is 3.05. The van der Waals surface area contributed by atoms with Crippen molar-refractivity contribution < 1.29 is 14.7 Å². The topological polar surface area (TPSA) is 95.7 Å². The van der Waals surface area contributed by atoms with Gasteiger partial charge in [-0.2, -0.15) is 0 Å². The minimum Gasteiger partial charge on any atom is -0.384 e. The standard InChI is InChI=1S/C24H36ClN3O3/c1-15(2)20(27-21(29)18-6-5-7-19(18)26)22(30)28-13-12-24(31,23(3,4)14-28)16-8-10-17(25)11-9-16/h8-11,15,18-20,31H,5-7,12-14,26H2,1-4H3,(H,27,29)/t18-,19+,20-,24+/m1/s1. The van der Waals surface area contributed by atoms with Gasteiger partial charge in [0, 0.05) is 29.6 Å². The van der Waals surface area contributed by atoms with E-state index in [2.05, 4.69) is 5.32 Å². The van der Waals surface area contributed by atoms with E-state index in [1.54, 1.807) is 17.0 Å². The first kappa shape index (κ1) is 24.0. The van der Waals surface area contributed by atoms with Gasteiger partial charge in [0.15, 0.2) is 0 Å². The predicted molar refractivity (Wildman–Crippen MR) is 122 cm³/mol. The molecule has 1 aliphatic heterocycles. The zero-order chi connectivity index (χ0) is 23.0. The van der Waals surface area contributed by atoms with Crippen molar-refractivity contribution in [2.75, 3.05) is 13.1 Å². The van der Waals surface area contributed by atoms with E-state index in [-0.39, 0.29) is 29.7 Å². The van der Waals surface area contributed by atoms with Gasteiger partial charge in [-0.15, -0.1) is 0 Å². The molecule has 0 bridgehead atoms. The molecule has 0 unspecified atom stereocenters. The number of likely N-dealkylation sites (tertiary alicyclic amines) is 1. The summed E-state index contributed by atoms with van der Waals surface area (Å²) in [6, 6.07) is 6.53. The van der Waals surface area contributed by atoms with Gasteiger partial charge in [-0.3, -0.25) is 9.59 Å². The molecule has 2 fully saturated rings. The highest BCUT2D eigenvalue weighted by atomic mass is 35.5. The minimum atomic E-state index is -1.07. The fraction of sp³-hybridized carbons (Fsp3) is 0.667. The lowest BCUT2D eigenvalue weighted by Gasteiger charge is -2.51. The Hall–Kier alpha value is -1.63. The second kappa shape index (κ2) is 9.08. The van der Waals surface area contributed by atoms with E-state index in [1.165, 1.54) is 0 Å². The van der Waals surface area contributed by atoms with Gasteiger partial charge in [0.2, 0.25) is 11.8 Å². The van der Waals surface area contributed by atoms with E-state index in [1.807, 2.05) is 39.8 Å². The number of piperidine rings is 1. The van der Waals surface area contributed by atoms with Gasteiger partial charge in [0.05, 0.1) is 11.5 Å². The fourth-order valence-electron chi connectivity index (χ4n) is 5.06. The maximum atomic E-state index is 13.4. The van der Waals surface area contributed by atoms with Crippen molar-refractivity contribution in [3.8, 4) is 0 Å². The molecule has 1 heterocycles. The van der Waals surface area contributed by atoms with Crippen LogP contribution in [0.15, 0.2) is 24.3 Å². The lowest BCUT2D eigenvalue weighted by molar-refractivity contribution is -0.157. The molecule has 3 rings (SSSR count). The largest absolute Gasteiger partial charge is 0.384 e. The molecule has 1 aromatic rings. The van der Waals surface area contributed by atoms with E-state index in [0.717, 1.165) is 24.8 Å². The summed E-state index contributed by atoms with van der Waals surface area (Å²) >= 11 is 6.02. The van der Waals surface area contributed by atoms with Crippen molar-refractivity contribution in [2.45, 2.75) is 71.1 Å². The number of carbonyl (C=O) groups is 2. The van der Waals surface area contributed by atoms with Gasteiger partial charge >= 0.3 is 0 Å². The molecule has 4 N–H and O–H groups in total. The summed E-state index contributed by atoms with van der Waals surface area (Å²) in [6.45, 7) is 8.65. The van der Waals surface area contributed by atoms with Gasteiger partial charge in [-0.05, 0) is 42.9 Å². The second-order valence-electron chi connectivity index (χ2n) is 10.2. The Morgan fingerprint density at radius 1 is 1.23 bits per heavy atom. The molecule has 2 aliphatic rings. The third-order valence-electron chi connectivity index (χ3n) is 7.22. The first-order valence-electron chi connectivity index (χ1n) is 11.3. The molecule has 7 heteroatoms. The van der Waals surface area contributed by atoms with Crippen LogP contribution in [0, 0.1) is 17.3 Å². The highest BCUT2D eigenvalue weighted by molar-refractivity contribution is 6.30. The maximum absolute atomic E-state index is 13.4. The number of hydrogen-bond acceptors (Lipinski definition) is 4. The summed E-state index contributed by atoms with van der Waals surface area (Å²) < 4.78 is 0. The molecule has 1 saturated carbocycles. The van der Waals surface area contributed by atoms with Gasteiger partial charge in [0.1, 0.15) is 6.04 Å². The van der Waals surface area contributed by atoms with Crippen LogP contribution < -0.4 is 11.1 Å². The van der Waals surface area contributed by atoms with Crippen molar-refractivity contribution in [3.05, 3.63) is 34.9 Å². The first-order chi connectivity index (χ1) is 14.5. The van der Waals surface area contributed by atoms with Crippen LogP contribution in [0.3, 0.4) is 0 Å². The third-order valence-corrected chi connectivity index (χ3v) is 7.47. The average Bonchev–Trinajstić information content (AvgIpc) is 3.13. The summed E-state index contributed by atoms with van der Waals surface area (Å²) in [6.07, 6.45) is 2.99. The van der Waals surface area contributed by atoms with Crippen molar-refractivity contribution in [1.82, 2.24) is 10.2 Å². The van der Waals surface area contributed by atoms with E-state index in [4.69, 9.17) is 17.3 Å². The number of rotatable bonds is 5. The SMILES string of the molecule is CC(C)[C@@H](NC(=O)[C@@H]1CCC[C@@H]1N)C(=O)N1CC[C@](O)(c2ccc(Cl)cc2)C(C)(C)C1. The van der Waals surface area contributed by atoms with Crippen LogP contribution in [-0.4, -0.2) is 47.0 Å². The number of nitrogens with one attached hydrogen (secondary N) is 1. The number of aliphatic hydroxyl groups is 1. The fourth-order valence-corrected chi connectivity index (χ4v) is 5.18. The van der Waals surface area contributed by atoms with Crippen molar-refractivity contribution in [2.24, 2.45) is 23.0 Å². The third kappa shape index (κ3) is 4.76. The Balaban J connectivity index is 1.74. The maximum Gasteiger partial charge on any atom is 0.245 e. The van der Waals surface area contributed by atoms with Crippen LogP contribution in [-0.2, 0) is 15.2 Å². The Morgan fingerprint density at radius 2 is 1.87 bits per heavy atom. The lowest BCUT2D eigenvalue weighted by Crippen LogP contribution is -2.61. The normalized spacial score (nSPS) is 29.1. The molecule has 2 amide bonds. The van der Waals surface area contributed by atoms with Crippen LogP contribution in [0.25, 0.3) is 0 Å². The zero-order valence-corrected chi connectivity index (χ0v) is 19.8. The molecule has 172 valence electrons. The molecule has 0 radical (unpaired) electrons. The van der Waals surface area contributed by atoms with E-state index < -0.39 is 17.1 Å². The molecule has 6 nitrogen and oxygen atoms in total. The zero-order valence-electron chi connectivity index (χ0n) is 19.0. The lowest BCUT2D eigenvalue weighted by atomic mass is 9.66. The molecule has 0 aromatic heterocycles. The van der Waals surface area contributed by atoms with Gasteiger partial charge in [-0.1, -0.05) is 57.8 Å². The number of benzene rings is 1. The molecular weight excluding hydrogens is 414 g/mol. The van der Waals surface area contributed by atoms with Crippen LogP contribution in [0.1, 0.15) is 58.9 Å². The summed E-state index contributed by atoms with van der Waals surface area (Å²) in [5.74, 6) is -0.483. The second-order valence-corrected chi connectivity index (χ2v) is 10.6. The van der Waals surface area contributed by atoms with Crippen molar-refractivity contribution in [1.29, 1.82) is 0 Å². The number of amides is 2. The summed E-state index contributed by atoms with van der Waals surface area (Å²) in [5, 5.41) is 15.2. The average molecular weight is 450 g/mol.